The molecule has 0 radical (unpaired) electrons. The summed E-state index contributed by atoms with van der Waals surface area (Å²) in [7, 11) is 0. The van der Waals surface area contributed by atoms with E-state index in [-0.39, 0.29) is 16.2 Å². The number of fused-ring (bicyclic) bond motifs is 1. The molecule has 0 unspecified atom stereocenters. The first-order valence-corrected chi connectivity index (χ1v) is 8.95. The van der Waals surface area contributed by atoms with E-state index in [1.165, 1.54) is 4.57 Å². The smallest absolute Gasteiger partial charge is 0.262 e. The van der Waals surface area contributed by atoms with Crippen molar-refractivity contribution in [3.05, 3.63) is 79.8 Å². The number of aliphatic imine (C=N–C) groups is 1. The van der Waals surface area contributed by atoms with Gasteiger partial charge in [-0.3, -0.25) is 19.3 Å². The maximum Gasteiger partial charge on any atom is 0.262 e. The molecule has 0 fully saturated rings. The molecule has 2 N–H and O–H groups in total. The number of aromatic hydroxyl groups is 1. The molecule has 5 nitrogen and oxygen atoms in total. The third kappa shape index (κ3) is 3.03. The number of aromatic amines is 1. The van der Waals surface area contributed by atoms with Gasteiger partial charge in [-0.25, -0.2) is 0 Å². The molecule has 7 heteroatoms. The van der Waals surface area contributed by atoms with Gasteiger partial charge in [-0.15, -0.1) is 0 Å². The van der Waals surface area contributed by atoms with Gasteiger partial charge in [0.2, 0.25) is 5.88 Å². The van der Waals surface area contributed by atoms with E-state index in [0.717, 1.165) is 22.5 Å². The number of nitrogens with one attached hydrogen (secondary N) is 1. The van der Waals surface area contributed by atoms with Crippen molar-refractivity contribution in [3.63, 3.8) is 0 Å². The number of para-hydroxylation sites is 1. The topological polar surface area (TPSA) is 70.4 Å². The van der Waals surface area contributed by atoms with Crippen LogP contribution in [0.4, 0.5) is 5.69 Å². The Bertz CT molecular complexity index is 1250. The Labute approximate surface area is 164 Å². The van der Waals surface area contributed by atoms with Crippen LogP contribution in [-0.4, -0.2) is 20.4 Å². The van der Waals surface area contributed by atoms with Gasteiger partial charge in [-0.2, -0.15) is 0 Å². The molecule has 2 aromatic carbocycles. The first-order valence-electron chi connectivity index (χ1n) is 8.16. The van der Waals surface area contributed by atoms with Crippen molar-refractivity contribution >= 4 is 46.9 Å². The summed E-state index contributed by atoms with van der Waals surface area (Å²) in [6.07, 6.45) is 1.63. The predicted octanol–water partition coefficient (Wildman–Crippen LogP) is 4.90. The molecule has 27 heavy (non-hydrogen) atoms. The van der Waals surface area contributed by atoms with Crippen LogP contribution in [0.2, 0.25) is 5.02 Å². The molecule has 1 aliphatic heterocycles. The summed E-state index contributed by atoms with van der Waals surface area (Å²) >= 11 is 11.3. The SMILES string of the molecule is CC1=Nc2ccccc2C1=Cc1c(O)n(-c2cccc(Cl)c2)c(=S)[nH]c1=O. The standard InChI is InChI=1S/C20H14ClN3O2S/c1-11-15(14-7-2-3-8-17(14)22-11)10-16-18(25)23-20(27)24(19(16)26)13-6-4-5-12(21)9-13/h2-10,26H,1H3,(H,23,25,27). The monoisotopic (exact) mass is 395 g/mol. The van der Waals surface area contributed by atoms with Crippen LogP contribution in [0.5, 0.6) is 5.88 Å². The highest BCUT2D eigenvalue weighted by Crippen LogP contribution is 2.36. The number of aromatic nitrogens is 2. The van der Waals surface area contributed by atoms with E-state index < -0.39 is 5.56 Å². The van der Waals surface area contributed by atoms with Gasteiger partial charge in [0, 0.05) is 21.9 Å². The number of allylic oxidation sites excluding steroid dienone is 1. The molecule has 0 amide bonds. The minimum absolute atomic E-state index is 0.0825. The lowest BCUT2D eigenvalue weighted by Gasteiger charge is -2.12. The number of halogens is 1. The second-order valence-electron chi connectivity index (χ2n) is 6.08. The molecular weight excluding hydrogens is 382 g/mol. The van der Waals surface area contributed by atoms with Crippen LogP contribution in [-0.2, 0) is 0 Å². The van der Waals surface area contributed by atoms with E-state index in [0.29, 0.717) is 10.7 Å². The Morgan fingerprint density at radius 3 is 2.78 bits per heavy atom. The van der Waals surface area contributed by atoms with Crippen LogP contribution >= 0.6 is 23.8 Å². The zero-order chi connectivity index (χ0) is 19.1. The zero-order valence-electron chi connectivity index (χ0n) is 14.2. The highest BCUT2D eigenvalue weighted by molar-refractivity contribution is 7.71. The van der Waals surface area contributed by atoms with E-state index in [9.17, 15) is 9.90 Å². The quantitative estimate of drug-likeness (QED) is 0.606. The lowest BCUT2D eigenvalue weighted by atomic mass is 10.0. The van der Waals surface area contributed by atoms with Crippen LogP contribution < -0.4 is 5.56 Å². The number of hydrogen-bond donors (Lipinski definition) is 2. The molecule has 4 rings (SSSR count). The average molecular weight is 396 g/mol. The van der Waals surface area contributed by atoms with Crippen molar-refractivity contribution in [1.82, 2.24) is 9.55 Å². The highest BCUT2D eigenvalue weighted by atomic mass is 35.5. The summed E-state index contributed by atoms with van der Waals surface area (Å²) in [4.78, 5) is 19.6. The summed E-state index contributed by atoms with van der Waals surface area (Å²) in [5.74, 6) is -0.254. The Balaban J connectivity index is 1.96. The number of hydrogen-bond acceptors (Lipinski definition) is 4. The fraction of sp³-hybridized carbons (Fsp3) is 0.0500. The molecular formula is C20H14ClN3O2S. The minimum Gasteiger partial charge on any atom is -0.494 e. The lowest BCUT2D eigenvalue weighted by molar-refractivity contribution is 0.432. The first-order chi connectivity index (χ1) is 13.0. The third-order valence-electron chi connectivity index (χ3n) is 4.35. The van der Waals surface area contributed by atoms with Crippen LogP contribution in [0.25, 0.3) is 17.3 Å². The molecule has 0 saturated heterocycles. The third-order valence-corrected chi connectivity index (χ3v) is 4.87. The number of H-pyrrole nitrogens is 1. The van der Waals surface area contributed by atoms with Gasteiger partial charge in [-0.1, -0.05) is 35.9 Å². The van der Waals surface area contributed by atoms with Crippen molar-refractivity contribution in [1.29, 1.82) is 0 Å². The van der Waals surface area contributed by atoms with Gasteiger partial charge in [0.25, 0.3) is 5.56 Å². The minimum atomic E-state index is -0.472. The second-order valence-corrected chi connectivity index (χ2v) is 6.91. The van der Waals surface area contributed by atoms with Crippen molar-refractivity contribution in [2.75, 3.05) is 0 Å². The van der Waals surface area contributed by atoms with E-state index in [1.807, 2.05) is 31.2 Å². The van der Waals surface area contributed by atoms with E-state index in [2.05, 4.69) is 9.98 Å². The van der Waals surface area contributed by atoms with Crippen LogP contribution in [0.15, 0.2) is 58.3 Å². The molecule has 0 saturated carbocycles. The summed E-state index contributed by atoms with van der Waals surface area (Å²) in [5.41, 5.74) is 3.47. The molecule has 2 heterocycles. The first kappa shape index (κ1) is 17.5. The maximum atomic E-state index is 12.5. The lowest BCUT2D eigenvalue weighted by Crippen LogP contribution is -2.16. The Hall–Kier alpha value is -2.96. The maximum absolute atomic E-state index is 12.5. The molecule has 0 spiro atoms. The van der Waals surface area contributed by atoms with Crippen molar-refractivity contribution < 1.29 is 5.11 Å². The predicted molar refractivity (Wildman–Crippen MR) is 111 cm³/mol. The van der Waals surface area contributed by atoms with Crippen molar-refractivity contribution in [2.24, 2.45) is 4.99 Å². The second kappa shape index (κ2) is 6.64. The van der Waals surface area contributed by atoms with Crippen LogP contribution in [0.1, 0.15) is 18.1 Å². The normalized spacial score (nSPS) is 14.3. The van der Waals surface area contributed by atoms with Crippen LogP contribution in [0, 0.1) is 4.77 Å². The summed E-state index contributed by atoms with van der Waals surface area (Å²) in [6, 6.07) is 14.5. The molecule has 1 aliphatic rings. The Morgan fingerprint density at radius 1 is 1.22 bits per heavy atom. The van der Waals surface area contributed by atoms with E-state index >= 15 is 0 Å². The fourth-order valence-corrected chi connectivity index (χ4v) is 3.55. The molecule has 0 bridgehead atoms. The molecule has 3 aromatic rings. The van der Waals surface area contributed by atoms with Gasteiger partial charge in [0.05, 0.1) is 11.4 Å². The van der Waals surface area contributed by atoms with E-state index in [4.69, 9.17) is 23.8 Å². The molecule has 0 atom stereocenters. The average Bonchev–Trinajstić information content (AvgIpc) is 2.93. The largest absolute Gasteiger partial charge is 0.494 e. The number of benzene rings is 2. The number of rotatable bonds is 2. The zero-order valence-corrected chi connectivity index (χ0v) is 15.8. The summed E-state index contributed by atoms with van der Waals surface area (Å²) in [6.45, 7) is 1.86. The van der Waals surface area contributed by atoms with Crippen molar-refractivity contribution in [3.8, 4) is 11.6 Å². The Morgan fingerprint density at radius 2 is 2.00 bits per heavy atom. The van der Waals surface area contributed by atoms with Crippen LogP contribution in [0.3, 0.4) is 0 Å². The van der Waals surface area contributed by atoms with E-state index in [1.54, 1.807) is 30.3 Å². The number of nitrogens with zero attached hydrogens (tertiary/aromatic N) is 2. The van der Waals surface area contributed by atoms with Gasteiger partial charge < -0.3 is 5.11 Å². The van der Waals surface area contributed by atoms with Crippen molar-refractivity contribution in [2.45, 2.75) is 6.92 Å². The molecule has 134 valence electrons. The van der Waals surface area contributed by atoms with Gasteiger partial charge >= 0.3 is 0 Å². The highest BCUT2D eigenvalue weighted by Gasteiger charge is 2.20. The molecule has 0 aliphatic carbocycles. The van der Waals surface area contributed by atoms with Gasteiger partial charge in [0.15, 0.2) is 4.77 Å². The fourth-order valence-electron chi connectivity index (χ4n) is 3.08. The summed E-state index contributed by atoms with van der Waals surface area (Å²) in [5, 5.41) is 11.3. The van der Waals surface area contributed by atoms with Gasteiger partial charge in [0.1, 0.15) is 5.56 Å². The van der Waals surface area contributed by atoms with Gasteiger partial charge in [-0.05, 0) is 49.5 Å². The molecule has 1 aromatic heterocycles. The Kier molecular flexibility index (Phi) is 4.30. The summed E-state index contributed by atoms with van der Waals surface area (Å²) < 4.78 is 1.46.